The molecule has 1 N–H and O–H groups in total. The zero-order chi connectivity index (χ0) is 32.1. The van der Waals surface area contributed by atoms with Crippen molar-refractivity contribution in [2.75, 3.05) is 0 Å². The van der Waals surface area contributed by atoms with E-state index >= 15 is 0 Å². The van der Waals surface area contributed by atoms with Gasteiger partial charge in [-0.3, -0.25) is 0 Å². The van der Waals surface area contributed by atoms with Gasteiger partial charge in [0, 0.05) is 44.4 Å². The molecule has 0 saturated heterocycles. The van der Waals surface area contributed by atoms with Crippen LogP contribution < -0.4 is 0 Å². The zero-order valence-corrected chi connectivity index (χ0v) is 26.8. The first-order valence-corrected chi connectivity index (χ1v) is 16.6. The molecule has 0 fully saturated rings. The third-order valence-electron chi connectivity index (χ3n) is 10.6. The van der Waals surface area contributed by atoms with E-state index in [1.807, 2.05) is 18.2 Å². The molecular weight excluding hydrogens is 585 g/mol. The van der Waals surface area contributed by atoms with Crippen LogP contribution in [0.15, 0.2) is 152 Å². The molecule has 0 saturated carbocycles. The topological polar surface area (TPSA) is 30.1 Å². The average molecular weight is 617 g/mol. The van der Waals surface area contributed by atoms with E-state index in [2.05, 4.69) is 150 Å². The highest BCUT2D eigenvalue weighted by Crippen LogP contribution is 2.49. The van der Waals surface area contributed by atoms with Gasteiger partial charge >= 0.3 is 0 Å². The number of rotatable bonds is 3. The molecular formula is C45H32N2O. The summed E-state index contributed by atoms with van der Waals surface area (Å²) in [6.45, 7) is 4.69. The molecule has 1 aliphatic carbocycles. The highest BCUT2D eigenvalue weighted by molar-refractivity contribution is 6.12. The van der Waals surface area contributed by atoms with E-state index in [0.29, 0.717) is 0 Å². The minimum absolute atomic E-state index is 0.0590. The van der Waals surface area contributed by atoms with Crippen molar-refractivity contribution in [1.29, 1.82) is 0 Å². The minimum atomic E-state index is -0.0590. The Balaban J connectivity index is 1.15. The summed E-state index contributed by atoms with van der Waals surface area (Å²) in [5.74, 6) is 0.260. The summed E-state index contributed by atoms with van der Waals surface area (Å²) < 4.78 is 4.67. The van der Waals surface area contributed by atoms with Gasteiger partial charge in [-0.1, -0.05) is 98.8 Å². The van der Waals surface area contributed by atoms with Crippen molar-refractivity contribution < 1.29 is 5.11 Å². The van der Waals surface area contributed by atoms with Crippen molar-refractivity contribution in [3.63, 3.8) is 0 Å². The Morgan fingerprint density at radius 3 is 1.60 bits per heavy atom. The number of benzene rings is 7. The molecule has 2 heterocycles. The van der Waals surface area contributed by atoms with Crippen molar-refractivity contribution in [2.45, 2.75) is 19.3 Å². The predicted molar refractivity (Wildman–Crippen MR) is 200 cm³/mol. The standard InChI is InChI=1S/C45H32N2O/c1-45(2)39-15-6-3-12-33(39)34-21-20-31(27-40(34)45)47-42-17-8-5-14-36(42)38-25-29(19-23-44(38)47)28-18-22-43-37(24-28)35-13-4-7-16-41(35)46(43)30-10-9-11-32(48)26-30/h3-27,48H,1-2H3. The summed E-state index contributed by atoms with van der Waals surface area (Å²) in [7, 11) is 0. The quantitative estimate of drug-likeness (QED) is 0.210. The first-order valence-electron chi connectivity index (χ1n) is 16.6. The van der Waals surface area contributed by atoms with E-state index in [-0.39, 0.29) is 11.2 Å². The van der Waals surface area contributed by atoms with Gasteiger partial charge in [-0.05, 0) is 94.0 Å². The molecule has 0 radical (unpaired) electrons. The number of hydrogen-bond acceptors (Lipinski definition) is 1. The Labute approximate surface area is 278 Å². The Hall–Kier alpha value is -6.06. The fourth-order valence-corrected chi connectivity index (χ4v) is 8.32. The molecule has 0 aliphatic heterocycles. The second kappa shape index (κ2) is 9.73. The smallest absolute Gasteiger partial charge is 0.117 e. The van der Waals surface area contributed by atoms with Crippen LogP contribution >= 0.6 is 0 Å². The summed E-state index contributed by atoms with van der Waals surface area (Å²) in [4.78, 5) is 0. The van der Waals surface area contributed by atoms with Gasteiger partial charge in [0.05, 0.1) is 22.1 Å². The second-order valence-electron chi connectivity index (χ2n) is 13.6. The number of nitrogens with zero attached hydrogens (tertiary/aromatic N) is 2. The highest BCUT2D eigenvalue weighted by atomic mass is 16.3. The first kappa shape index (κ1) is 27.1. The van der Waals surface area contributed by atoms with Gasteiger partial charge < -0.3 is 14.2 Å². The lowest BCUT2D eigenvalue weighted by molar-refractivity contribution is 0.475. The van der Waals surface area contributed by atoms with Crippen molar-refractivity contribution >= 4 is 43.6 Å². The number of fused-ring (bicyclic) bond motifs is 9. The molecule has 228 valence electrons. The van der Waals surface area contributed by atoms with Crippen molar-refractivity contribution in [3.8, 4) is 39.4 Å². The van der Waals surface area contributed by atoms with Crippen LogP contribution in [0.2, 0.25) is 0 Å². The van der Waals surface area contributed by atoms with Gasteiger partial charge in [-0.25, -0.2) is 0 Å². The second-order valence-corrected chi connectivity index (χ2v) is 13.6. The molecule has 0 atom stereocenters. The average Bonchev–Trinajstić information content (AvgIpc) is 3.71. The molecule has 1 aliphatic rings. The van der Waals surface area contributed by atoms with Crippen LogP contribution in [0.1, 0.15) is 25.0 Å². The number of phenols is 1. The van der Waals surface area contributed by atoms with Gasteiger partial charge in [-0.15, -0.1) is 0 Å². The van der Waals surface area contributed by atoms with Gasteiger partial charge in [0.25, 0.3) is 0 Å². The van der Waals surface area contributed by atoms with Crippen LogP contribution in [0.5, 0.6) is 5.75 Å². The maximum atomic E-state index is 10.3. The first-order chi connectivity index (χ1) is 23.5. The number of para-hydroxylation sites is 2. The van der Waals surface area contributed by atoms with E-state index in [9.17, 15) is 5.11 Å². The van der Waals surface area contributed by atoms with E-state index < -0.39 is 0 Å². The van der Waals surface area contributed by atoms with Gasteiger partial charge in [0.1, 0.15) is 5.75 Å². The van der Waals surface area contributed by atoms with Crippen LogP contribution in [0, 0.1) is 0 Å². The number of hydrogen-bond donors (Lipinski definition) is 1. The fourth-order valence-electron chi connectivity index (χ4n) is 8.32. The summed E-state index contributed by atoms with van der Waals surface area (Å²) >= 11 is 0. The number of aromatic nitrogens is 2. The molecule has 10 rings (SSSR count). The maximum absolute atomic E-state index is 10.3. The minimum Gasteiger partial charge on any atom is -0.508 e. The van der Waals surface area contributed by atoms with Crippen LogP contribution in [0.3, 0.4) is 0 Å². The normalized spacial score (nSPS) is 13.5. The molecule has 0 spiro atoms. The van der Waals surface area contributed by atoms with Crippen LogP contribution in [-0.4, -0.2) is 14.2 Å². The highest BCUT2D eigenvalue weighted by Gasteiger charge is 2.35. The fraction of sp³-hybridized carbons (Fsp3) is 0.0667. The molecule has 0 unspecified atom stereocenters. The van der Waals surface area contributed by atoms with E-state index in [4.69, 9.17) is 0 Å². The zero-order valence-electron chi connectivity index (χ0n) is 26.8. The molecule has 3 nitrogen and oxygen atoms in total. The van der Waals surface area contributed by atoms with E-state index in [0.717, 1.165) is 16.7 Å². The lowest BCUT2D eigenvalue weighted by Crippen LogP contribution is -2.15. The Morgan fingerprint density at radius 2 is 0.958 bits per heavy atom. The van der Waals surface area contributed by atoms with E-state index in [1.54, 1.807) is 6.07 Å². The molecule has 9 aromatic rings. The van der Waals surface area contributed by atoms with Gasteiger partial charge in [-0.2, -0.15) is 0 Å². The van der Waals surface area contributed by atoms with Gasteiger partial charge in [0.15, 0.2) is 0 Å². The molecule has 0 amide bonds. The molecule has 0 bridgehead atoms. The number of phenolic OH excluding ortho intramolecular Hbond substituents is 1. The number of aromatic hydroxyl groups is 1. The monoisotopic (exact) mass is 616 g/mol. The summed E-state index contributed by atoms with van der Waals surface area (Å²) in [5.41, 5.74) is 14.5. The summed E-state index contributed by atoms with van der Waals surface area (Å²) in [5, 5.41) is 15.1. The van der Waals surface area contributed by atoms with E-state index in [1.165, 1.54) is 71.6 Å². The summed E-state index contributed by atoms with van der Waals surface area (Å²) in [6.07, 6.45) is 0. The molecule has 2 aromatic heterocycles. The third kappa shape index (κ3) is 3.70. The van der Waals surface area contributed by atoms with Crippen molar-refractivity contribution in [1.82, 2.24) is 9.13 Å². The Morgan fingerprint density at radius 1 is 0.417 bits per heavy atom. The predicted octanol–water partition coefficient (Wildman–Crippen LogP) is 11.6. The van der Waals surface area contributed by atoms with Gasteiger partial charge in [0.2, 0.25) is 0 Å². The largest absolute Gasteiger partial charge is 0.508 e. The summed E-state index contributed by atoms with van der Waals surface area (Å²) in [6, 6.07) is 54.3. The molecule has 3 heteroatoms. The lowest BCUT2D eigenvalue weighted by Gasteiger charge is -2.22. The maximum Gasteiger partial charge on any atom is 0.117 e. The van der Waals surface area contributed by atoms with Crippen LogP contribution in [0.4, 0.5) is 0 Å². The Bertz CT molecular complexity index is 2780. The Kier molecular flexibility index (Phi) is 5.49. The molecule has 48 heavy (non-hydrogen) atoms. The van der Waals surface area contributed by atoms with Crippen LogP contribution in [0.25, 0.3) is 77.2 Å². The SMILES string of the molecule is CC1(C)c2ccccc2-c2ccc(-n3c4ccccc4c4cc(-c5ccc6c(c5)c5ccccc5n6-c5cccc(O)c5)ccc43)cc21. The third-order valence-corrected chi connectivity index (χ3v) is 10.6. The van der Waals surface area contributed by atoms with Crippen molar-refractivity contribution in [2.24, 2.45) is 0 Å². The molecule has 7 aromatic carbocycles. The van der Waals surface area contributed by atoms with Crippen molar-refractivity contribution in [3.05, 3.63) is 163 Å². The van der Waals surface area contributed by atoms with Crippen LogP contribution in [-0.2, 0) is 5.41 Å². The lowest BCUT2D eigenvalue weighted by atomic mass is 9.82.